The van der Waals surface area contributed by atoms with E-state index in [0.717, 1.165) is 18.2 Å². The van der Waals surface area contributed by atoms with Crippen LogP contribution < -0.4 is 9.46 Å². The third-order valence-corrected chi connectivity index (χ3v) is 3.75. The van der Waals surface area contributed by atoms with E-state index >= 15 is 0 Å². The Morgan fingerprint density at radius 2 is 1.78 bits per heavy atom. The predicted octanol–water partition coefficient (Wildman–Crippen LogP) is 3.25. The normalized spacial score (nSPS) is 11.9. The first-order valence-corrected chi connectivity index (χ1v) is 9.06. The molecule has 2 rings (SSSR count). The molecule has 0 saturated carbocycles. The van der Waals surface area contributed by atoms with E-state index in [1.807, 2.05) is 0 Å². The van der Waals surface area contributed by atoms with E-state index in [1.165, 1.54) is 10.8 Å². The summed E-state index contributed by atoms with van der Waals surface area (Å²) in [6.45, 7) is -0.491. The third kappa shape index (κ3) is 5.64. The van der Waals surface area contributed by atoms with Crippen molar-refractivity contribution in [2.24, 2.45) is 0 Å². The van der Waals surface area contributed by atoms with E-state index in [4.69, 9.17) is 4.74 Å². The second kappa shape index (κ2) is 7.51. The van der Waals surface area contributed by atoms with Crippen molar-refractivity contribution in [1.82, 2.24) is 4.72 Å². The topological polar surface area (TPSA) is 72.5 Å². The lowest BCUT2D eigenvalue weighted by atomic mass is 10.1. The minimum Gasteiger partial charge on any atom is -0.486 e. The molecule has 27 heavy (non-hydrogen) atoms. The molecule has 0 atom stereocenters. The van der Waals surface area contributed by atoms with E-state index in [9.17, 15) is 35.2 Å². The summed E-state index contributed by atoms with van der Waals surface area (Å²) >= 11 is 0. The predicted molar refractivity (Wildman–Crippen MR) is 84.4 cm³/mol. The highest BCUT2D eigenvalue weighted by Crippen LogP contribution is 2.30. The molecule has 0 aliphatic carbocycles. The highest BCUT2D eigenvalue weighted by Gasteiger charge is 2.30. The zero-order valence-electron chi connectivity index (χ0n) is 13.6. The number of alkyl halides is 3. The molecule has 0 bridgehead atoms. The Morgan fingerprint density at radius 1 is 1.11 bits per heavy atom. The molecular formula is C16H12F5NO4S. The first kappa shape index (κ1) is 20.6. The number of carbonyl (C=O) groups is 1. The highest BCUT2D eigenvalue weighted by molar-refractivity contribution is 7.89. The molecule has 0 fully saturated rings. The van der Waals surface area contributed by atoms with Gasteiger partial charge in [-0.2, -0.15) is 13.2 Å². The van der Waals surface area contributed by atoms with Crippen molar-refractivity contribution in [2.75, 3.05) is 6.26 Å². The molecule has 0 spiro atoms. The largest absolute Gasteiger partial charge is 0.486 e. The number of benzene rings is 2. The van der Waals surface area contributed by atoms with Crippen LogP contribution in [0.3, 0.4) is 0 Å². The fraction of sp³-hybridized carbons (Fsp3) is 0.188. The molecule has 5 nitrogen and oxygen atoms in total. The number of nitrogens with one attached hydrogen (secondary N) is 1. The fourth-order valence-electron chi connectivity index (χ4n) is 2.04. The lowest BCUT2D eigenvalue weighted by Crippen LogP contribution is -2.30. The average Bonchev–Trinajstić information content (AvgIpc) is 2.53. The van der Waals surface area contributed by atoms with Gasteiger partial charge in [0.15, 0.2) is 11.6 Å². The molecule has 1 amide bonds. The van der Waals surface area contributed by atoms with Crippen LogP contribution >= 0.6 is 0 Å². The number of carbonyl (C=O) groups excluding carboxylic acids is 1. The number of amides is 1. The standard InChI is InChI=1S/C16H12F5NO4S/c1-27(24,25)22-15(23)11-6-13(18)14(7-12(11)17)26-8-9-3-2-4-10(5-9)16(19,20)21/h2-7H,8H2,1H3,(H,22,23). The summed E-state index contributed by atoms with van der Waals surface area (Å²) in [5.41, 5.74) is -1.74. The molecule has 0 radical (unpaired) electrons. The Kier molecular flexibility index (Phi) is 5.73. The molecule has 0 aromatic heterocycles. The van der Waals surface area contributed by atoms with Crippen LogP contribution in [0.5, 0.6) is 5.75 Å². The van der Waals surface area contributed by atoms with Crippen molar-refractivity contribution in [3.8, 4) is 5.75 Å². The summed E-state index contributed by atoms with van der Waals surface area (Å²) in [6.07, 6.45) is -3.91. The lowest BCUT2D eigenvalue weighted by molar-refractivity contribution is -0.137. The maximum absolute atomic E-state index is 14.0. The van der Waals surface area contributed by atoms with E-state index in [-0.39, 0.29) is 5.56 Å². The number of hydrogen-bond donors (Lipinski definition) is 1. The maximum Gasteiger partial charge on any atom is 0.416 e. The van der Waals surface area contributed by atoms with Crippen LogP contribution in [-0.2, 0) is 22.8 Å². The SMILES string of the molecule is CS(=O)(=O)NC(=O)c1cc(F)c(OCc2cccc(C(F)(F)F)c2)cc1F. The number of hydrogen-bond acceptors (Lipinski definition) is 4. The second-order valence-electron chi connectivity index (χ2n) is 5.45. The van der Waals surface area contributed by atoms with Crippen LogP contribution in [0.4, 0.5) is 22.0 Å². The van der Waals surface area contributed by atoms with Crippen molar-refractivity contribution in [2.45, 2.75) is 12.8 Å². The van der Waals surface area contributed by atoms with Gasteiger partial charge in [0.2, 0.25) is 10.0 Å². The molecule has 11 heteroatoms. The lowest BCUT2D eigenvalue weighted by Gasteiger charge is -2.11. The summed E-state index contributed by atoms with van der Waals surface area (Å²) in [7, 11) is -3.99. The molecular weight excluding hydrogens is 397 g/mol. The molecule has 0 aliphatic rings. The van der Waals surface area contributed by atoms with E-state index in [2.05, 4.69) is 0 Å². The van der Waals surface area contributed by atoms with Crippen molar-refractivity contribution in [1.29, 1.82) is 0 Å². The Morgan fingerprint density at radius 3 is 2.37 bits per heavy atom. The maximum atomic E-state index is 14.0. The summed E-state index contributed by atoms with van der Waals surface area (Å²) in [5, 5.41) is 0. The molecule has 2 aromatic carbocycles. The summed E-state index contributed by atoms with van der Waals surface area (Å²) in [4.78, 5) is 11.6. The van der Waals surface area contributed by atoms with Gasteiger partial charge >= 0.3 is 6.18 Å². The summed E-state index contributed by atoms with van der Waals surface area (Å²) < 4.78 is 94.3. The monoisotopic (exact) mass is 409 g/mol. The minimum atomic E-state index is -4.57. The quantitative estimate of drug-likeness (QED) is 0.770. The van der Waals surface area contributed by atoms with Crippen LogP contribution in [0.2, 0.25) is 0 Å². The van der Waals surface area contributed by atoms with Crippen molar-refractivity contribution < 1.29 is 39.9 Å². The first-order chi connectivity index (χ1) is 12.4. The summed E-state index contributed by atoms with van der Waals surface area (Å²) in [5.74, 6) is -4.49. The van der Waals surface area contributed by atoms with E-state index in [0.29, 0.717) is 18.4 Å². The van der Waals surface area contributed by atoms with Gasteiger partial charge in [-0.1, -0.05) is 12.1 Å². The van der Waals surface area contributed by atoms with Gasteiger partial charge in [-0.15, -0.1) is 0 Å². The molecule has 0 heterocycles. The Bertz CT molecular complexity index is 973. The van der Waals surface area contributed by atoms with Crippen LogP contribution in [0, 0.1) is 11.6 Å². The Labute approximate surface area is 150 Å². The van der Waals surface area contributed by atoms with Crippen LogP contribution in [0.15, 0.2) is 36.4 Å². The molecule has 146 valence electrons. The van der Waals surface area contributed by atoms with Gasteiger partial charge < -0.3 is 4.74 Å². The van der Waals surface area contributed by atoms with E-state index < -0.39 is 57.2 Å². The van der Waals surface area contributed by atoms with Gasteiger partial charge in [0, 0.05) is 6.07 Å². The third-order valence-electron chi connectivity index (χ3n) is 3.19. The van der Waals surface area contributed by atoms with E-state index in [1.54, 1.807) is 0 Å². The van der Waals surface area contributed by atoms with Crippen LogP contribution in [0.1, 0.15) is 21.5 Å². The molecule has 0 unspecified atom stereocenters. The number of rotatable bonds is 5. The molecule has 1 N–H and O–H groups in total. The minimum absolute atomic E-state index is 0.0588. The van der Waals surface area contributed by atoms with Gasteiger partial charge in [-0.05, 0) is 23.8 Å². The summed E-state index contributed by atoms with van der Waals surface area (Å²) in [6, 6.07) is 5.01. The first-order valence-electron chi connectivity index (χ1n) is 7.17. The Balaban J connectivity index is 2.19. The fourth-order valence-corrected chi connectivity index (χ4v) is 2.48. The second-order valence-corrected chi connectivity index (χ2v) is 7.20. The number of ether oxygens (including phenoxy) is 1. The highest BCUT2D eigenvalue weighted by atomic mass is 32.2. The van der Waals surface area contributed by atoms with Gasteiger partial charge in [-0.25, -0.2) is 21.9 Å². The molecule has 0 aliphatic heterocycles. The molecule has 0 saturated heterocycles. The number of halogens is 5. The van der Waals surface area contributed by atoms with Crippen molar-refractivity contribution in [3.05, 3.63) is 64.7 Å². The number of sulfonamides is 1. The van der Waals surface area contributed by atoms with Crippen molar-refractivity contribution >= 4 is 15.9 Å². The van der Waals surface area contributed by atoms with Gasteiger partial charge in [0.1, 0.15) is 12.4 Å². The van der Waals surface area contributed by atoms with Gasteiger partial charge in [0.25, 0.3) is 5.91 Å². The van der Waals surface area contributed by atoms with Crippen LogP contribution in [-0.4, -0.2) is 20.6 Å². The van der Waals surface area contributed by atoms with Crippen LogP contribution in [0.25, 0.3) is 0 Å². The average molecular weight is 409 g/mol. The van der Waals surface area contributed by atoms with Gasteiger partial charge in [-0.3, -0.25) is 4.79 Å². The zero-order valence-corrected chi connectivity index (χ0v) is 14.4. The van der Waals surface area contributed by atoms with Crippen molar-refractivity contribution in [3.63, 3.8) is 0 Å². The van der Waals surface area contributed by atoms with Gasteiger partial charge in [0.05, 0.1) is 17.4 Å². The molecule has 2 aromatic rings. The smallest absolute Gasteiger partial charge is 0.416 e. The zero-order chi connectivity index (χ0) is 20.4. The Hall–Kier alpha value is -2.69.